The lowest BCUT2D eigenvalue weighted by atomic mass is 10.1. The fourth-order valence-electron chi connectivity index (χ4n) is 1.93. The van der Waals surface area contributed by atoms with Gasteiger partial charge in [-0.1, -0.05) is 30.3 Å². The molecule has 0 aliphatic rings. The minimum atomic E-state index is 0.868. The summed E-state index contributed by atoms with van der Waals surface area (Å²) in [6.45, 7) is 1.81. The quantitative estimate of drug-likeness (QED) is 0.674. The van der Waals surface area contributed by atoms with E-state index in [1.165, 1.54) is 14.7 Å². The fraction of sp³-hybridized carbons (Fsp3) is 0.200. The molecule has 2 aromatic rings. The number of hydrogen-bond acceptors (Lipinski definition) is 2. The molecule has 0 fully saturated rings. The summed E-state index contributed by atoms with van der Waals surface area (Å²) in [7, 11) is 2.12. The summed E-state index contributed by atoms with van der Waals surface area (Å²) >= 11 is 2.32. The van der Waals surface area contributed by atoms with Crippen LogP contribution < -0.4 is 5.73 Å². The number of nitrogens with zero attached hydrogens (tertiary/aromatic N) is 1. The van der Waals surface area contributed by atoms with Crippen LogP contribution in [0.25, 0.3) is 0 Å². The number of anilines is 1. The predicted octanol–water partition coefficient (Wildman–Crippen LogP) is 3.51. The van der Waals surface area contributed by atoms with Crippen molar-refractivity contribution in [3.05, 3.63) is 63.2 Å². The summed E-state index contributed by atoms with van der Waals surface area (Å²) in [5.74, 6) is 0. The molecule has 2 aromatic carbocycles. The number of rotatable bonds is 4. The van der Waals surface area contributed by atoms with E-state index in [0.717, 1.165) is 18.8 Å². The molecule has 0 aliphatic carbocycles. The molecule has 18 heavy (non-hydrogen) atoms. The third kappa shape index (κ3) is 3.71. The van der Waals surface area contributed by atoms with Gasteiger partial charge in [0.1, 0.15) is 0 Å². The van der Waals surface area contributed by atoms with Gasteiger partial charge in [0, 0.05) is 22.3 Å². The Hall–Kier alpha value is -1.07. The summed E-state index contributed by atoms with van der Waals surface area (Å²) in [6.07, 6.45) is 0. The third-order valence-corrected chi connectivity index (χ3v) is 3.58. The molecular formula is C15H17IN2. The Bertz CT molecular complexity index is 508. The van der Waals surface area contributed by atoms with Crippen LogP contribution >= 0.6 is 22.6 Å². The van der Waals surface area contributed by atoms with E-state index in [4.69, 9.17) is 5.73 Å². The molecule has 0 radical (unpaired) electrons. The molecular weight excluding hydrogens is 335 g/mol. The van der Waals surface area contributed by atoms with E-state index in [1.54, 1.807) is 0 Å². The highest BCUT2D eigenvalue weighted by atomic mass is 127. The van der Waals surface area contributed by atoms with Crippen LogP contribution in [0.5, 0.6) is 0 Å². The molecule has 0 saturated heterocycles. The number of para-hydroxylation sites is 1. The minimum Gasteiger partial charge on any atom is -0.398 e. The SMILES string of the molecule is CN(Cc1ccc(I)cc1)Cc1ccccc1N. The fourth-order valence-corrected chi connectivity index (χ4v) is 2.29. The summed E-state index contributed by atoms with van der Waals surface area (Å²) in [5, 5.41) is 0. The molecule has 0 amide bonds. The van der Waals surface area contributed by atoms with E-state index in [0.29, 0.717) is 0 Å². The smallest absolute Gasteiger partial charge is 0.0359 e. The zero-order chi connectivity index (χ0) is 13.0. The third-order valence-electron chi connectivity index (χ3n) is 2.86. The van der Waals surface area contributed by atoms with Crippen LogP contribution in [0.3, 0.4) is 0 Å². The Kier molecular flexibility index (Phi) is 4.60. The second kappa shape index (κ2) is 6.20. The zero-order valence-corrected chi connectivity index (χ0v) is 12.6. The van der Waals surface area contributed by atoms with E-state index in [2.05, 4.69) is 64.9 Å². The monoisotopic (exact) mass is 352 g/mol. The van der Waals surface area contributed by atoms with Gasteiger partial charge in [0.2, 0.25) is 0 Å². The number of benzene rings is 2. The summed E-state index contributed by atoms with van der Waals surface area (Å²) in [4.78, 5) is 2.27. The van der Waals surface area contributed by atoms with Crippen LogP contribution in [-0.4, -0.2) is 11.9 Å². The molecule has 0 aromatic heterocycles. The zero-order valence-electron chi connectivity index (χ0n) is 10.4. The summed E-state index contributed by atoms with van der Waals surface area (Å²) in [6, 6.07) is 16.7. The molecule has 3 heteroatoms. The Balaban J connectivity index is 1.99. The van der Waals surface area contributed by atoms with Crippen molar-refractivity contribution >= 4 is 28.3 Å². The first-order valence-electron chi connectivity index (χ1n) is 5.91. The molecule has 0 spiro atoms. The number of halogens is 1. The second-order valence-corrected chi connectivity index (χ2v) is 5.74. The van der Waals surface area contributed by atoms with Gasteiger partial charge in [-0.15, -0.1) is 0 Å². The van der Waals surface area contributed by atoms with Crippen LogP contribution in [0.2, 0.25) is 0 Å². The molecule has 0 saturated carbocycles. The Morgan fingerprint density at radius 1 is 1.00 bits per heavy atom. The minimum absolute atomic E-state index is 0.868. The maximum absolute atomic E-state index is 5.95. The van der Waals surface area contributed by atoms with Crippen molar-refractivity contribution in [1.82, 2.24) is 4.90 Å². The van der Waals surface area contributed by atoms with Crippen LogP contribution in [0.15, 0.2) is 48.5 Å². The number of nitrogen functional groups attached to an aromatic ring is 1. The van der Waals surface area contributed by atoms with Gasteiger partial charge in [-0.2, -0.15) is 0 Å². The normalized spacial score (nSPS) is 10.8. The van der Waals surface area contributed by atoms with Crippen molar-refractivity contribution in [2.24, 2.45) is 0 Å². The van der Waals surface area contributed by atoms with Gasteiger partial charge >= 0.3 is 0 Å². The van der Waals surface area contributed by atoms with Crippen molar-refractivity contribution in [1.29, 1.82) is 0 Å². The molecule has 0 bridgehead atoms. The predicted molar refractivity (Wildman–Crippen MR) is 85.2 cm³/mol. The molecule has 2 rings (SSSR count). The van der Waals surface area contributed by atoms with Gasteiger partial charge in [-0.3, -0.25) is 4.90 Å². The average molecular weight is 352 g/mol. The van der Waals surface area contributed by atoms with E-state index < -0.39 is 0 Å². The van der Waals surface area contributed by atoms with E-state index in [1.807, 2.05) is 18.2 Å². The summed E-state index contributed by atoms with van der Waals surface area (Å²) < 4.78 is 1.27. The molecule has 0 atom stereocenters. The molecule has 0 aliphatic heterocycles. The van der Waals surface area contributed by atoms with Gasteiger partial charge in [0.05, 0.1) is 0 Å². The first kappa shape index (κ1) is 13.4. The highest BCUT2D eigenvalue weighted by molar-refractivity contribution is 14.1. The van der Waals surface area contributed by atoms with Crippen LogP contribution in [0.4, 0.5) is 5.69 Å². The lowest BCUT2D eigenvalue weighted by molar-refractivity contribution is 0.319. The maximum atomic E-state index is 5.95. The van der Waals surface area contributed by atoms with Gasteiger partial charge in [-0.25, -0.2) is 0 Å². The van der Waals surface area contributed by atoms with Gasteiger partial charge < -0.3 is 5.73 Å². The average Bonchev–Trinajstić information content (AvgIpc) is 2.35. The van der Waals surface area contributed by atoms with Crippen LogP contribution in [0, 0.1) is 3.57 Å². The molecule has 0 heterocycles. The van der Waals surface area contributed by atoms with E-state index in [-0.39, 0.29) is 0 Å². The summed E-state index contributed by atoms with van der Waals surface area (Å²) in [5.41, 5.74) is 9.33. The van der Waals surface area contributed by atoms with Crippen LogP contribution in [-0.2, 0) is 13.1 Å². The number of hydrogen-bond donors (Lipinski definition) is 1. The topological polar surface area (TPSA) is 29.3 Å². The van der Waals surface area contributed by atoms with E-state index >= 15 is 0 Å². The first-order chi connectivity index (χ1) is 8.65. The molecule has 2 N–H and O–H groups in total. The highest BCUT2D eigenvalue weighted by Crippen LogP contribution is 2.14. The Morgan fingerprint density at radius 2 is 1.67 bits per heavy atom. The van der Waals surface area contributed by atoms with Gasteiger partial charge in [0.25, 0.3) is 0 Å². The second-order valence-electron chi connectivity index (χ2n) is 4.50. The molecule has 0 unspecified atom stereocenters. The standard InChI is InChI=1S/C15H17IN2/c1-18(10-12-6-8-14(16)9-7-12)11-13-4-2-3-5-15(13)17/h2-9H,10-11,17H2,1H3. The Labute approximate surface area is 122 Å². The lowest BCUT2D eigenvalue weighted by Gasteiger charge is -2.18. The van der Waals surface area contributed by atoms with Gasteiger partial charge in [-0.05, 0) is 59.0 Å². The van der Waals surface area contributed by atoms with Crippen molar-refractivity contribution < 1.29 is 0 Å². The van der Waals surface area contributed by atoms with Crippen LogP contribution in [0.1, 0.15) is 11.1 Å². The largest absolute Gasteiger partial charge is 0.398 e. The molecule has 94 valence electrons. The molecule has 2 nitrogen and oxygen atoms in total. The highest BCUT2D eigenvalue weighted by Gasteiger charge is 2.04. The Morgan fingerprint density at radius 3 is 2.33 bits per heavy atom. The van der Waals surface area contributed by atoms with Crippen molar-refractivity contribution in [3.8, 4) is 0 Å². The first-order valence-corrected chi connectivity index (χ1v) is 6.99. The van der Waals surface area contributed by atoms with Crippen molar-refractivity contribution in [3.63, 3.8) is 0 Å². The maximum Gasteiger partial charge on any atom is 0.0359 e. The lowest BCUT2D eigenvalue weighted by Crippen LogP contribution is -2.18. The van der Waals surface area contributed by atoms with Gasteiger partial charge in [0.15, 0.2) is 0 Å². The van der Waals surface area contributed by atoms with E-state index in [9.17, 15) is 0 Å². The number of nitrogens with two attached hydrogens (primary N) is 1. The van der Waals surface area contributed by atoms with Crippen molar-refractivity contribution in [2.45, 2.75) is 13.1 Å². The van der Waals surface area contributed by atoms with Crippen molar-refractivity contribution in [2.75, 3.05) is 12.8 Å².